The largest absolute Gasteiger partial charge is 0.489 e. The van der Waals surface area contributed by atoms with Gasteiger partial charge in [-0.1, -0.05) is 40.2 Å². The second-order valence-electron chi connectivity index (χ2n) is 5.62. The minimum Gasteiger partial charge on any atom is -0.489 e. The number of nitrogens with zero attached hydrogens (tertiary/aromatic N) is 2. The maximum Gasteiger partial charge on any atom is 0.280 e. The summed E-state index contributed by atoms with van der Waals surface area (Å²) in [5.74, 6) is 0.477. The Morgan fingerprint density at radius 3 is 2.69 bits per heavy atom. The topological polar surface area (TPSA) is 41.9 Å². The second kappa shape index (κ2) is 7.89. The first-order chi connectivity index (χ1) is 12.5. The Kier molecular flexibility index (Phi) is 5.59. The third kappa shape index (κ3) is 3.89. The van der Waals surface area contributed by atoms with E-state index in [0.29, 0.717) is 34.4 Å². The summed E-state index contributed by atoms with van der Waals surface area (Å²) >= 11 is 9.37. The fraction of sp³-hybridized carbons (Fsp3) is 0.100. The van der Waals surface area contributed by atoms with Crippen LogP contribution in [-0.2, 0) is 4.79 Å². The molecule has 0 atom stereocenters. The molecule has 1 aliphatic rings. The maximum atomic E-state index is 12.9. The standard InChI is InChI=1S/C20H16BrClN2O2/c1-3-10-26-19-9-4-15(21)11-14(19)12-18-13(2)23-24(20(18)25)17-7-5-16(22)6-8-17/h3-9,11-12H,1,10H2,2H3. The van der Waals surface area contributed by atoms with E-state index in [9.17, 15) is 4.79 Å². The van der Waals surface area contributed by atoms with E-state index >= 15 is 0 Å². The second-order valence-corrected chi connectivity index (χ2v) is 6.97. The molecule has 0 N–H and O–H groups in total. The molecule has 0 fully saturated rings. The van der Waals surface area contributed by atoms with Gasteiger partial charge in [0.05, 0.1) is 17.0 Å². The Hall–Kier alpha value is -2.37. The van der Waals surface area contributed by atoms with Crippen LogP contribution >= 0.6 is 27.5 Å². The molecule has 1 heterocycles. The third-order valence-corrected chi connectivity index (χ3v) is 4.51. The Morgan fingerprint density at radius 2 is 2.00 bits per heavy atom. The van der Waals surface area contributed by atoms with Gasteiger partial charge < -0.3 is 4.74 Å². The van der Waals surface area contributed by atoms with Gasteiger partial charge in [-0.25, -0.2) is 0 Å². The highest BCUT2D eigenvalue weighted by Crippen LogP contribution is 2.30. The summed E-state index contributed by atoms with van der Waals surface area (Å²) in [6.45, 7) is 5.85. The minimum atomic E-state index is -0.195. The van der Waals surface area contributed by atoms with E-state index in [1.54, 1.807) is 36.4 Å². The van der Waals surface area contributed by atoms with Crippen LogP contribution in [0.2, 0.25) is 5.02 Å². The fourth-order valence-corrected chi connectivity index (χ4v) is 3.01. The third-order valence-electron chi connectivity index (χ3n) is 3.76. The zero-order valence-electron chi connectivity index (χ0n) is 14.1. The van der Waals surface area contributed by atoms with Gasteiger partial charge in [-0.05, 0) is 55.5 Å². The lowest BCUT2D eigenvalue weighted by atomic mass is 10.1. The number of carbonyl (C=O) groups excluding carboxylic acids is 1. The summed E-state index contributed by atoms with van der Waals surface area (Å²) in [5, 5.41) is 6.36. The molecule has 2 aromatic carbocycles. The lowest BCUT2D eigenvalue weighted by molar-refractivity contribution is -0.114. The van der Waals surface area contributed by atoms with Gasteiger partial charge in [-0.2, -0.15) is 10.1 Å². The van der Waals surface area contributed by atoms with Crippen molar-refractivity contribution in [2.45, 2.75) is 6.92 Å². The lowest BCUT2D eigenvalue weighted by Crippen LogP contribution is -2.21. The fourth-order valence-electron chi connectivity index (χ4n) is 2.51. The number of ether oxygens (including phenoxy) is 1. The first-order valence-corrected chi connectivity index (χ1v) is 9.07. The van der Waals surface area contributed by atoms with Crippen molar-refractivity contribution in [1.29, 1.82) is 0 Å². The van der Waals surface area contributed by atoms with Crippen LogP contribution in [0.1, 0.15) is 12.5 Å². The van der Waals surface area contributed by atoms with Crippen LogP contribution in [0.15, 0.2) is 70.3 Å². The summed E-state index contributed by atoms with van der Waals surface area (Å²) in [4.78, 5) is 12.9. The molecule has 0 saturated carbocycles. The number of amides is 1. The van der Waals surface area contributed by atoms with Gasteiger partial charge in [-0.3, -0.25) is 4.79 Å². The number of carbonyl (C=O) groups is 1. The Labute approximate surface area is 165 Å². The normalized spacial score (nSPS) is 15.3. The molecule has 0 bridgehead atoms. The molecule has 4 nitrogen and oxygen atoms in total. The van der Waals surface area contributed by atoms with Crippen LogP contribution in [0.3, 0.4) is 0 Å². The van der Waals surface area contributed by atoms with Crippen LogP contribution in [0.5, 0.6) is 5.75 Å². The molecule has 3 rings (SSSR count). The van der Waals surface area contributed by atoms with E-state index in [4.69, 9.17) is 16.3 Å². The zero-order chi connectivity index (χ0) is 18.7. The highest BCUT2D eigenvalue weighted by atomic mass is 79.9. The van der Waals surface area contributed by atoms with Gasteiger partial charge in [0.1, 0.15) is 12.4 Å². The number of halogens is 2. The average molecular weight is 432 g/mol. The van der Waals surface area contributed by atoms with Crippen LogP contribution in [0, 0.1) is 0 Å². The van der Waals surface area contributed by atoms with Crippen molar-refractivity contribution in [2.75, 3.05) is 11.6 Å². The number of anilines is 1. The molecule has 0 spiro atoms. The predicted octanol–water partition coefficient (Wildman–Crippen LogP) is 5.47. The highest BCUT2D eigenvalue weighted by Gasteiger charge is 2.29. The van der Waals surface area contributed by atoms with E-state index in [1.807, 2.05) is 25.1 Å². The summed E-state index contributed by atoms with van der Waals surface area (Å²) in [5.41, 5.74) is 2.61. The van der Waals surface area contributed by atoms with Gasteiger partial charge >= 0.3 is 0 Å². The van der Waals surface area contributed by atoms with Gasteiger partial charge in [0, 0.05) is 15.1 Å². The number of hydrogen-bond donors (Lipinski definition) is 0. The summed E-state index contributed by atoms with van der Waals surface area (Å²) in [6, 6.07) is 12.6. The Morgan fingerprint density at radius 1 is 1.27 bits per heavy atom. The van der Waals surface area contributed by atoms with Crippen molar-refractivity contribution >= 4 is 50.9 Å². The molecule has 0 radical (unpaired) electrons. The molecule has 0 aromatic heterocycles. The number of hydrogen-bond acceptors (Lipinski definition) is 3. The van der Waals surface area contributed by atoms with Crippen molar-refractivity contribution < 1.29 is 9.53 Å². The van der Waals surface area contributed by atoms with E-state index in [2.05, 4.69) is 27.6 Å². The quantitative estimate of drug-likeness (QED) is 0.465. The Bertz CT molecular complexity index is 920. The molecule has 132 valence electrons. The van der Waals surface area contributed by atoms with Crippen molar-refractivity contribution in [1.82, 2.24) is 0 Å². The lowest BCUT2D eigenvalue weighted by Gasteiger charge is -2.12. The van der Waals surface area contributed by atoms with E-state index in [0.717, 1.165) is 10.0 Å². The zero-order valence-corrected chi connectivity index (χ0v) is 16.4. The van der Waals surface area contributed by atoms with E-state index in [1.165, 1.54) is 5.01 Å². The number of hydrazone groups is 1. The summed E-state index contributed by atoms with van der Waals surface area (Å²) < 4.78 is 6.58. The smallest absolute Gasteiger partial charge is 0.280 e. The van der Waals surface area contributed by atoms with Crippen LogP contribution < -0.4 is 9.75 Å². The van der Waals surface area contributed by atoms with Crippen LogP contribution in [0.25, 0.3) is 6.08 Å². The van der Waals surface area contributed by atoms with Gasteiger partial charge in [0.25, 0.3) is 5.91 Å². The van der Waals surface area contributed by atoms with E-state index < -0.39 is 0 Å². The van der Waals surface area contributed by atoms with Crippen molar-refractivity contribution in [3.05, 3.63) is 75.8 Å². The molecular formula is C20H16BrClN2O2. The van der Waals surface area contributed by atoms with Gasteiger partial charge in [-0.15, -0.1) is 0 Å². The molecule has 0 aliphatic carbocycles. The maximum absolute atomic E-state index is 12.9. The molecule has 0 unspecified atom stereocenters. The summed E-state index contributed by atoms with van der Waals surface area (Å²) in [7, 11) is 0. The molecule has 0 saturated heterocycles. The number of rotatable bonds is 5. The van der Waals surface area contributed by atoms with Crippen molar-refractivity contribution in [3.8, 4) is 5.75 Å². The van der Waals surface area contributed by atoms with Crippen LogP contribution in [-0.4, -0.2) is 18.2 Å². The van der Waals surface area contributed by atoms with Gasteiger partial charge in [0.2, 0.25) is 0 Å². The molecular weight excluding hydrogens is 416 g/mol. The minimum absolute atomic E-state index is 0.195. The van der Waals surface area contributed by atoms with Gasteiger partial charge in [0.15, 0.2) is 0 Å². The molecule has 2 aromatic rings. The average Bonchev–Trinajstić information content (AvgIpc) is 2.90. The Balaban J connectivity index is 1.96. The first kappa shape index (κ1) is 18.4. The first-order valence-electron chi connectivity index (χ1n) is 7.90. The molecule has 26 heavy (non-hydrogen) atoms. The predicted molar refractivity (Wildman–Crippen MR) is 110 cm³/mol. The highest BCUT2D eigenvalue weighted by molar-refractivity contribution is 9.10. The monoisotopic (exact) mass is 430 g/mol. The van der Waals surface area contributed by atoms with Crippen LogP contribution in [0.4, 0.5) is 5.69 Å². The van der Waals surface area contributed by atoms with E-state index in [-0.39, 0.29) is 5.91 Å². The SMILES string of the molecule is C=CCOc1ccc(Br)cc1C=C1C(=O)N(c2ccc(Cl)cc2)N=C1C. The van der Waals surface area contributed by atoms with Crippen molar-refractivity contribution in [2.24, 2.45) is 5.10 Å². The summed E-state index contributed by atoms with van der Waals surface area (Å²) in [6.07, 6.45) is 3.47. The van der Waals surface area contributed by atoms with Crippen molar-refractivity contribution in [3.63, 3.8) is 0 Å². The molecule has 1 aliphatic heterocycles. The molecule has 6 heteroatoms. The molecule has 1 amide bonds. The number of benzene rings is 2.